The Labute approximate surface area is 136 Å². The number of aliphatic imine (C=N–C) groups is 1. The minimum Gasteiger partial charge on any atom is -0.385 e. The molecule has 6 nitrogen and oxygen atoms in total. The zero-order chi connectivity index (χ0) is 16.4. The van der Waals surface area contributed by atoms with E-state index in [0.717, 1.165) is 16.8 Å². The summed E-state index contributed by atoms with van der Waals surface area (Å²) in [6, 6.07) is 8.15. The number of rotatable bonds is 3. The van der Waals surface area contributed by atoms with Crippen LogP contribution in [0.15, 0.2) is 35.5 Å². The van der Waals surface area contributed by atoms with E-state index in [4.69, 9.17) is 0 Å². The first kappa shape index (κ1) is 15.8. The van der Waals surface area contributed by atoms with Crippen molar-refractivity contribution in [3.05, 3.63) is 47.3 Å². The zero-order valence-electron chi connectivity index (χ0n) is 13.8. The summed E-state index contributed by atoms with van der Waals surface area (Å²) >= 11 is 0. The normalized spacial score (nSPS) is 28.3. The van der Waals surface area contributed by atoms with Crippen molar-refractivity contribution in [3.63, 3.8) is 0 Å². The van der Waals surface area contributed by atoms with Crippen LogP contribution in [0.25, 0.3) is 0 Å². The summed E-state index contributed by atoms with van der Waals surface area (Å²) in [6.45, 7) is 2.09. The van der Waals surface area contributed by atoms with E-state index in [-0.39, 0.29) is 12.1 Å². The van der Waals surface area contributed by atoms with Crippen LogP contribution in [-0.2, 0) is 12.6 Å². The molecule has 0 saturated carbocycles. The SMILES string of the molecule is C/N=C\c1ccc([C@@]2(O)C[C@@H](c3cn(C)nn3)N[C@@H](C)C2)cc1. The molecule has 3 rings (SSSR count). The molecule has 3 atom stereocenters. The molecule has 1 fully saturated rings. The highest BCUT2D eigenvalue weighted by Gasteiger charge is 2.40. The number of nitrogens with zero attached hydrogens (tertiary/aromatic N) is 4. The van der Waals surface area contributed by atoms with Crippen LogP contribution in [0, 0.1) is 0 Å². The highest BCUT2D eigenvalue weighted by Crippen LogP contribution is 2.39. The fourth-order valence-corrected chi connectivity index (χ4v) is 3.37. The van der Waals surface area contributed by atoms with Crippen molar-refractivity contribution in [2.75, 3.05) is 7.05 Å². The molecule has 0 spiro atoms. The van der Waals surface area contributed by atoms with E-state index in [0.29, 0.717) is 12.8 Å². The standard InChI is InChI=1S/C17H23N5O/c1-12-8-17(23,14-6-4-13(5-7-14)10-18-2)9-15(19-12)16-11-22(3)21-20-16/h4-7,10-12,15,19,23H,8-9H2,1-3H3/b18-10-/t12-,15-,17-/m0/s1. The van der Waals surface area contributed by atoms with Crippen LogP contribution in [0.4, 0.5) is 0 Å². The number of piperidine rings is 1. The lowest BCUT2D eigenvalue weighted by Gasteiger charge is -2.40. The summed E-state index contributed by atoms with van der Waals surface area (Å²) in [5, 5.41) is 22.9. The first-order valence-corrected chi connectivity index (χ1v) is 7.87. The molecule has 122 valence electrons. The minimum atomic E-state index is -0.866. The lowest BCUT2D eigenvalue weighted by atomic mass is 9.78. The number of aromatic nitrogens is 3. The lowest BCUT2D eigenvalue weighted by molar-refractivity contribution is -0.0235. The van der Waals surface area contributed by atoms with Gasteiger partial charge in [-0.3, -0.25) is 9.67 Å². The second-order valence-corrected chi connectivity index (χ2v) is 6.39. The number of hydrogen-bond acceptors (Lipinski definition) is 5. The molecule has 2 aromatic rings. The van der Waals surface area contributed by atoms with Crippen LogP contribution in [0.2, 0.25) is 0 Å². The van der Waals surface area contributed by atoms with Gasteiger partial charge in [0, 0.05) is 39.0 Å². The fourth-order valence-electron chi connectivity index (χ4n) is 3.37. The second-order valence-electron chi connectivity index (χ2n) is 6.39. The topological polar surface area (TPSA) is 75.3 Å². The summed E-state index contributed by atoms with van der Waals surface area (Å²) in [5.41, 5.74) is 1.97. The molecule has 0 amide bonds. The highest BCUT2D eigenvalue weighted by molar-refractivity contribution is 5.79. The third kappa shape index (κ3) is 3.33. The number of benzene rings is 1. The van der Waals surface area contributed by atoms with Gasteiger partial charge in [-0.05, 0) is 24.5 Å². The van der Waals surface area contributed by atoms with E-state index in [1.165, 1.54) is 0 Å². The third-order valence-corrected chi connectivity index (χ3v) is 4.37. The zero-order valence-corrected chi connectivity index (χ0v) is 13.8. The molecule has 1 saturated heterocycles. The van der Waals surface area contributed by atoms with Gasteiger partial charge in [0.25, 0.3) is 0 Å². The molecule has 23 heavy (non-hydrogen) atoms. The molecular weight excluding hydrogens is 290 g/mol. The maximum absolute atomic E-state index is 11.2. The molecule has 0 aliphatic carbocycles. The van der Waals surface area contributed by atoms with Gasteiger partial charge in [0.2, 0.25) is 0 Å². The molecular formula is C17H23N5O. The van der Waals surface area contributed by atoms with Crippen LogP contribution in [0.5, 0.6) is 0 Å². The van der Waals surface area contributed by atoms with Crippen molar-refractivity contribution in [2.24, 2.45) is 12.0 Å². The highest BCUT2D eigenvalue weighted by atomic mass is 16.3. The third-order valence-electron chi connectivity index (χ3n) is 4.37. The molecule has 2 heterocycles. The van der Waals surface area contributed by atoms with E-state index in [1.807, 2.05) is 37.5 Å². The van der Waals surface area contributed by atoms with Gasteiger partial charge in [-0.15, -0.1) is 5.10 Å². The Morgan fingerprint density at radius 1 is 1.35 bits per heavy atom. The number of aryl methyl sites for hydroxylation is 1. The maximum atomic E-state index is 11.2. The molecule has 0 bridgehead atoms. The summed E-state index contributed by atoms with van der Waals surface area (Å²) in [7, 11) is 3.60. The van der Waals surface area contributed by atoms with Crippen LogP contribution in [0.1, 0.15) is 42.6 Å². The van der Waals surface area contributed by atoms with Gasteiger partial charge in [-0.2, -0.15) is 0 Å². The van der Waals surface area contributed by atoms with Crippen molar-refractivity contribution in [1.82, 2.24) is 20.3 Å². The maximum Gasteiger partial charge on any atom is 0.0997 e. The van der Waals surface area contributed by atoms with Gasteiger partial charge in [0.05, 0.1) is 17.3 Å². The van der Waals surface area contributed by atoms with Gasteiger partial charge >= 0.3 is 0 Å². The van der Waals surface area contributed by atoms with Gasteiger partial charge in [0.15, 0.2) is 0 Å². The Kier molecular flexibility index (Phi) is 4.28. The monoisotopic (exact) mass is 313 g/mol. The fraction of sp³-hybridized carbons (Fsp3) is 0.471. The smallest absolute Gasteiger partial charge is 0.0997 e. The van der Waals surface area contributed by atoms with Crippen LogP contribution < -0.4 is 5.32 Å². The lowest BCUT2D eigenvalue weighted by Crippen LogP contribution is -2.47. The first-order valence-electron chi connectivity index (χ1n) is 7.87. The average molecular weight is 313 g/mol. The Bertz CT molecular complexity index is 693. The van der Waals surface area contributed by atoms with Crippen LogP contribution in [0.3, 0.4) is 0 Å². The van der Waals surface area contributed by atoms with Gasteiger partial charge in [-0.1, -0.05) is 29.5 Å². The molecule has 0 radical (unpaired) electrons. The van der Waals surface area contributed by atoms with Crippen molar-refractivity contribution in [3.8, 4) is 0 Å². The predicted octanol–water partition coefficient (Wildman–Crippen LogP) is 1.56. The number of nitrogens with one attached hydrogen (secondary N) is 1. The Morgan fingerprint density at radius 3 is 2.70 bits per heavy atom. The minimum absolute atomic E-state index is 0.00525. The molecule has 1 aromatic carbocycles. The van der Waals surface area contributed by atoms with Gasteiger partial charge < -0.3 is 10.4 Å². The summed E-state index contributed by atoms with van der Waals surface area (Å²) in [4.78, 5) is 4.02. The predicted molar refractivity (Wildman–Crippen MR) is 89.4 cm³/mol. The largest absolute Gasteiger partial charge is 0.385 e. The summed E-state index contributed by atoms with van der Waals surface area (Å²) < 4.78 is 1.69. The van der Waals surface area contributed by atoms with E-state index >= 15 is 0 Å². The van der Waals surface area contributed by atoms with Gasteiger partial charge in [-0.25, -0.2) is 0 Å². The van der Waals surface area contributed by atoms with Crippen LogP contribution >= 0.6 is 0 Å². The first-order chi connectivity index (χ1) is 11.0. The molecule has 1 aliphatic heterocycles. The quantitative estimate of drug-likeness (QED) is 0.843. The summed E-state index contributed by atoms with van der Waals surface area (Å²) in [6.07, 6.45) is 4.96. The van der Waals surface area contributed by atoms with E-state index < -0.39 is 5.60 Å². The molecule has 6 heteroatoms. The molecule has 2 N–H and O–H groups in total. The second kappa shape index (κ2) is 6.22. The number of aliphatic hydroxyl groups is 1. The summed E-state index contributed by atoms with van der Waals surface area (Å²) in [5.74, 6) is 0. The van der Waals surface area contributed by atoms with Crippen molar-refractivity contribution < 1.29 is 5.11 Å². The van der Waals surface area contributed by atoms with Crippen molar-refractivity contribution in [2.45, 2.75) is 37.5 Å². The molecule has 1 aliphatic rings. The van der Waals surface area contributed by atoms with E-state index in [1.54, 1.807) is 17.9 Å². The molecule has 0 unspecified atom stereocenters. The van der Waals surface area contributed by atoms with E-state index in [9.17, 15) is 5.11 Å². The molecule has 1 aromatic heterocycles. The van der Waals surface area contributed by atoms with E-state index in [2.05, 4.69) is 27.5 Å². The van der Waals surface area contributed by atoms with Crippen molar-refractivity contribution >= 4 is 6.21 Å². The number of hydrogen-bond donors (Lipinski definition) is 2. The van der Waals surface area contributed by atoms with Gasteiger partial charge in [0.1, 0.15) is 0 Å². The average Bonchev–Trinajstić information content (AvgIpc) is 2.94. The van der Waals surface area contributed by atoms with Crippen molar-refractivity contribution in [1.29, 1.82) is 0 Å². The Morgan fingerprint density at radius 2 is 2.09 bits per heavy atom. The Hall–Kier alpha value is -2.05. The Balaban J connectivity index is 1.87. The van der Waals surface area contributed by atoms with Crippen LogP contribution in [-0.4, -0.2) is 39.4 Å².